The Hall–Kier alpha value is -1.63. The minimum atomic E-state index is -0.468. The van der Waals surface area contributed by atoms with Crippen LogP contribution in [0.2, 0.25) is 5.02 Å². The van der Waals surface area contributed by atoms with Crippen molar-refractivity contribution in [2.24, 2.45) is 0 Å². The molecule has 1 aliphatic rings. The molecule has 0 radical (unpaired) electrons. The van der Waals surface area contributed by atoms with Gasteiger partial charge in [0.25, 0.3) is 5.91 Å². The maximum Gasteiger partial charge on any atom is 0.333 e. The van der Waals surface area contributed by atoms with Gasteiger partial charge in [0.1, 0.15) is 5.70 Å². The molecule has 1 N–H and O–H groups in total. The Morgan fingerprint density at radius 3 is 2.57 bits per heavy atom. The van der Waals surface area contributed by atoms with Crippen molar-refractivity contribution in [3.05, 3.63) is 55.8 Å². The first kappa shape index (κ1) is 14.3. The van der Waals surface area contributed by atoms with Crippen molar-refractivity contribution in [1.82, 2.24) is 5.32 Å². The molecular formula is C14H8BrClN2O2S. The molecule has 1 saturated heterocycles. The standard InChI is InChI=1S/C14H8BrClN2O2S/c15-8-5-11(21-7-8)6-12-13(19)18(14(20)17-12)10-3-1-9(16)2-4-10/h1-7H,(H,17,20)/b12-6+. The van der Waals surface area contributed by atoms with E-state index in [1.807, 2.05) is 11.4 Å². The molecule has 0 atom stereocenters. The van der Waals surface area contributed by atoms with Crippen LogP contribution in [0.1, 0.15) is 4.88 Å². The molecule has 7 heteroatoms. The average molecular weight is 384 g/mol. The van der Waals surface area contributed by atoms with E-state index in [-0.39, 0.29) is 11.6 Å². The number of hydrogen-bond donors (Lipinski definition) is 1. The summed E-state index contributed by atoms with van der Waals surface area (Å²) in [7, 11) is 0. The van der Waals surface area contributed by atoms with Gasteiger partial charge in [0.15, 0.2) is 0 Å². The molecule has 2 heterocycles. The van der Waals surface area contributed by atoms with Crippen molar-refractivity contribution < 1.29 is 9.59 Å². The Kier molecular flexibility index (Phi) is 3.84. The molecule has 1 aromatic carbocycles. The van der Waals surface area contributed by atoms with Crippen LogP contribution in [0.25, 0.3) is 6.08 Å². The molecule has 21 heavy (non-hydrogen) atoms. The molecule has 1 fully saturated rings. The van der Waals surface area contributed by atoms with E-state index in [0.29, 0.717) is 10.7 Å². The molecule has 0 unspecified atom stereocenters. The van der Waals surface area contributed by atoms with E-state index in [1.165, 1.54) is 11.3 Å². The number of thiophene rings is 1. The third kappa shape index (κ3) is 2.88. The van der Waals surface area contributed by atoms with Gasteiger partial charge in [-0.3, -0.25) is 4.79 Å². The number of imide groups is 1. The molecule has 3 rings (SSSR count). The Labute approximate surface area is 138 Å². The summed E-state index contributed by atoms with van der Waals surface area (Å²) < 4.78 is 0.936. The summed E-state index contributed by atoms with van der Waals surface area (Å²) in [6.07, 6.45) is 1.66. The second kappa shape index (κ2) is 5.63. The fourth-order valence-corrected chi connectivity index (χ4v) is 3.41. The Morgan fingerprint density at radius 2 is 1.95 bits per heavy atom. The predicted octanol–water partition coefficient (Wildman–Crippen LogP) is 4.26. The number of halogens is 2. The van der Waals surface area contributed by atoms with E-state index in [0.717, 1.165) is 14.2 Å². The second-order valence-corrected chi connectivity index (χ2v) is 6.57. The summed E-state index contributed by atoms with van der Waals surface area (Å²) in [5.41, 5.74) is 0.738. The fourth-order valence-electron chi connectivity index (χ4n) is 1.91. The molecule has 3 amide bonds. The lowest BCUT2D eigenvalue weighted by atomic mass is 10.3. The molecule has 0 spiro atoms. The molecular weight excluding hydrogens is 376 g/mol. The van der Waals surface area contributed by atoms with Crippen molar-refractivity contribution >= 4 is 62.6 Å². The van der Waals surface area contributed by atoms with Gasteiger partial charge in [0.2, 0.25) is 0 Å². The maximum absolute atomic E-state index is 12.3. The highest BCUT2D eigenvalue weighted by atomic mass is 79.9. The largest absolute Gasteiger partial charge is 0.333 e. The van der Waals surface area contributed by atoms with Crippen LogP contribution >= 0.6 is 38.9 Å². The summed E-state index contributed by atoms with van der Waals surface area (Å²) in [6, 6.07) is 7.94. The fraction of sp³-hybridized carbons (Fsp3) is 0. The quantitative estimate of drug-likeness (QED) is 0.622. The number of urea groups is 1. The van der Waals surface area contributed by atoms with Crippen LogP contribution < -0.4 is 10.2 Å². The topological polar surface area (TPSA) is 49.4 Å². The maximum atomic E-state index is 12.3. The van der Waals surface area contributed by atoms with Crippen LogP contribution in [0.5, 0.6) is 0 Å². The highest BCUT2D eigenvalue weighted by Gasteiger charge is 2.34. The smallest absolute Gasteiger partial charge is 0.302 e. The van der Waals surface area contributed by atoms with Gasteiger partial charge in [-0.2, -0.15) is 0 Å². The Bertz CT molecular complexity index is 755. The summed E-state index contributed by atoms with van der Waals surface area (Å²) >= 11 is 10.6. The lowest BCUT2D eigenvalue weighted by Gasteiger charge is -2.11. The van der Waals surface area contributed by atoms with E-state index in [1.54, 1.807) is 30.3 Å². The normalized spacial score (nSPS) is 16.7. The number of hydrogen-bond acceptors (Lipinski definition) is 3. The minimum Gasteiger partial charge on any atom is -0.302 e. The molecule has 1 aliphatic heterocycles. The predicted molar refractivity (Wildman–Crippen MR) is 87.5 cm³/mol. The molecule has 1 aromatic heterocycles. The van der Waals surface area contributed by atoms with Gasteiger partial charge in [-0.25, -0.2) is 9.69 Å². The Morgan fingerprint density at radius 1 is 1.24 bits per heavy atom. The van der Waals surface area contributed by atoms with Gasteiger partial charge in [-0.15, -0.1) is 11.3 Å². The number of nitrogens with zero attached hydrogens (tertiary/aromatic N) is 1. The number of benzene rings is 1. The first-order chi connectivity index (χ1) is 10.0. The molecule has 0 saturated carbocycles. The SMILES string of the molecule is O=C1N/C(=C/c2cc(Br)cs2)C(=O)N1c1ccc(Cl)cc1. The molecule has 2 aromatic rings. The molecule has 4 nitrogen and oxygen atoms in total. The monoisotopic (exact) mass is 382 g/mol. The number of anilines is 1. The van der Waals surface area contributed by atoms with Crippen molar-refractivity contribution in [2.75, 3.05) is 4.90 Å². The van der Waals surface area contributed by atoms with Crippen LogP contribution in [0.4, 0.5) is 10.5 Å². The number of carbonyl (C=O) groups excluding carboxylic acids is 2. The zero-order valence-electron chi connectivity index (χ0n) is 10.5. The van der Waals surface area contributed by atoms with Gasteiger partial charge < -0.3 is 5.32 Å². The van der Waals surface area contributed by atoms with Crippen molar-refractivity contribution in [1.29, 1.82) is 0 Å². The highest BCUT2D eigenvalue weighted by molar-refractivity contribution is 9.10. The van der Waals surface area contributed by atoms with E-state index in [2.05, 4.69) is 21.2 Å². The summed E-state index contributed by atoms with van der Waals surface area (Å²) in [6.45, 7) is 0. The van der Waals surface area contributed by atoms with Crippen LogP contribution in [-0.4, -0.2) is 11.9 Å². The van der Waals surface area contributed by atoms with Crippen LogP contribution in [-0.2, 0) is 4.79 Å². The van der Waals surface area contributed by atoms with Gasteiger partial charge in [0.05, 0.1) is 5.69 Å². The molecule has 0 aliphatic carbocycles. The Balaban J connectivity index is 1.92. The van der Waals surface area contributed by atoms with E-state index < -0.39 is 6.03 Å². The summed E-state index contributed by atoms with van der Waals surface area (Å²) in [5, 5.41) is 5.04. The number of amides is 3. The highest BCUT2D eigenvalue weighted by Crippen LogP contribution is 2.26. The first-order valence-corrected chi connectivity index (χ1v) is 7.96. The van der Waals surface area contributed by atoms with Crippen LogP contribution in [0.15, 0.2) is 45.9 Å². The average Bonchev–Trinajstić information content (AvgIpc) is 2.96. The van der Waals surface area contributed by atoms with E-state index in [4.69, 9.17) is 11.6 Å². The zero-order valence-corrected chi connectivity index (χ0v) is 13.6. The van der Waals surface area contributed by atoms with Crippen molar-refractivity contribution in [3.8, 4) is 0 Å². The molecule has 106 valence electrons. The number of carbonyl (C=O) groups is 2. The van der Waals surface area contributed by atoms with Crippen molar-refractivity contribution in [2.45, 2.75) is 0 Å². The first-order valence-electron chi connectivity index (χ1n) is 5.91. The lowest BCUT2D eigenvalue weighted by molar-refractivity contribution is -0.113. The minimum absolute atomic E-state index is 0.254. The lowest BCUT2D eigenvalue weighted by Crippen LogP contribution is -2.30. The third-order valence-electron chi connectivity index (χ3n) is 2.84. The summed E-state index contributed by atoms with van der Waals surface area (Å²) in [4.78, 5) is 26.3. The third-order valence-corrected chi connectivity index (χ3v) is 4.73. The van der Waals surface area contributed by atoms with Gasteiger partial charge in [0, 0.05) is 19.8 Å². The second-order valence-electron chi connectivity index (χ2n) is 4.27. The van der Waals surface area contributed by atoms with Crippen LogP contribution in [0, 0.1) is 0 Å². The number of rotatable bonds is 2. The summed E-state index contributed by atoms with van der Waals surface area (Å²) in [5.74, 6) is -0.383. The van der Waals surface area contributed by atoms with Gasteiger partial charge in [-0.05, 0) is 52.3 Å². The zero-order chi connectivity index (χ0) is 15.0. The van der Waals surface area contributed by atoms with Crippen LogP contribution in [0.3, 0.4) is 0 Å². The van der Waals surface area contributed by atoms with Gasteiger partial charge >= 0.3 is 6.03 Å². The number of nitrogens with one attached hydrogen (secondary N) is 1. The van der Waals surface area contributed by atoms with E-state index >= 15 is 0 Å². The van der Waals surface area contributed by atoms with Crippen molar-refractivity contribution in [3.63, 3.8) is 0 Å². The van der Waals surface area contributed by atoms with Gasteiger partial charge in [-0.1, -0.05) is 11.6 Å². The van der Waals surface area contributed by atoms with E-state index in [9.17, 15) is 9.59 Å². The molecule has 0 bridgehead atoms.